The molecule has 2 rings (SSSR count). The largest absolute Gasteiger partial charge is 0.448 e. The number of nitrogens with zero attached hydrogens (tertiary/aromatic N) is 2. The zero-order valence-corrected chi connectivity index (χ0v) is 15.3. The number of ether oxygens (including phenoxy) is 1. The van der Waals surface area contributed by atoms with Crippen molar-refractivity contribution in [2.75, 3.05) is 0 Å². The fourth-order valence-electron chi connectivity index (χ4n) is 2.66. The summed E-state index contributed by atoms with van der Waals surface area (Å²) in [7, 11) is 0. The highest BCUT2D eigenvalue weighted by molar-refractivity contribution is 5.99. The summed E-state index contributed by atoms with van der Waals surface area (Å²) in [5, 5.41) is 12.1. The summed E-state index contributed by atoms with van der Waals surface area (Å²) < 4.78 is 7.29. The molecular weight excluding hydrogens is 318 g/mol. The maximum absolute atomic E-state index is 12.2. The zero-order valence-electron chi connectivity index (χ0n) is 15.3. The number of amides is 1. The summed E-state index contributed by atoms with van der Waals surface area (Å²) in [6.45, 7) is 8.45. The number of aryl methyl sites for hydroxylation is 1. The molecule has 1 heterocycles. The van der Waals surface area contributed by atoms with E-state index in [1.165, 1.54) is 13.0 Å². The van der Waals surface area contributed by atoms with Gasteiger partial charge >= 0.3 is 5.97 Å². The van der Waals surface area contributed by atoms with E-state index < -0.39 is 12.1 Å². The van der Waals surface area contributed by atoms with Gasteiger partial charge in [0.2, 0.25) is 0 Å². The van der Waals surface area contributed by atoms with E-state index in [2.05, 4.69) is 16.8 Å². The third-order valence-electron chi connectivity index (χ3n) is 4.28. The number of esters is 1. The Morgan fingerprint density at radius 2 is 2.16 bits per heavy atom. The van der Waals surface area contributed by atoms with Crippen LogP contribution in [-0.2, 0) is 20.9 Å². The van der Waals surface area contributed by atoms with E-state index in [0.717, 1.165) is 42.8 Å². The van der Waals surface area contributed by atoms with Gasteiger partial charge in [-0.05, 0) is 57.7 Å². The number of aromatic nitrogens is 1. The van der Waals surface area contributed by atoms with Gasteiger partial charge in [0, 0.05) is 24.0 Å². The fourth-order valence-corrected chi connectivity index (χ4v) is 2.66. The minimum absolute atomic E-state index is 0.108. The lowest BCUT2D eigenvalue weighted by atomic mass is 10.1. The normalized spacial score (nSPS) is 15.4. The van der Waals surface area contributed by atoms with E-state index >= 15 is 0 Å². The second-order valence-corrected chi connectivity index (χ2v) is 6.48. The third-order valence-corrected chi connectivity index (χ3v) is 4.28. The van der Waals surface area contributed by atoms with Gasteiger partial charge in [-0.1, -0.05) is 6.92 Å². The Labute approximate surface area is 148 Å². The van der Waals surface area contributed by atoms with Gasteiger partial charge in [0.15, 0.2) is 6.10 Å². The van der Waals surface area contributed by atoms with Crippen LogP contribution in [0.15, 0.2) is 11.6 Å². The molecule has 1 fully saturated rings. The summed E-state index contributed by atoms with van der Waals surface area (Å²) >= 11 is 0. The van der Waals surface area contributed by atoms with Crippen molar-refractivity contribution in [3.63, 3.8) is 0 Å². The van der Waals surface area contributed by atoms with Crippen LogP contribution in [0.4, 0.5) is 0 Å². The van der Waals surface area contributed by atoms with Crippen molar-refractivity contribution in [3.8, 4) is 6.07 Å². The molecule has 1 atom stereocenters. The first-order valence-corrected chi connectivity index (χ1v) is 8.67. The van der Waals surface area contributed by atoms with Crippen molar-refractivity contribution in [1.29, 1.82) is 5.26 Å². The molecule has 1 aliphatic carbocycles. The molecule has 1 aromatic rings. The molecule has 0 aliphatic heterocycles. The number of carbonyl (C=O) groups excluding carboxylic acids is 2. The first kappa shape index (κ1) is 18.8. The van der Waals surface area contributed by atoms with Crippen molar-refractivity contribution in [2.45, 2.75) is 65.6 Å². The highest BCUT2D eigenvalue weighted by Crippen LogP contribution is 2.20. The molecule has 1 amide bonds. The van der Waals surface area contributed by atoms with Crippen LogP contribution in [0.2, 0.25) is 0 Å². The van der Waals surface area contributed by atoms with Gasteiger partial charge in [0.05, 0.1) is 0 Å². The predicted molar refractivity (Wildman–Crippen MR) is 94.5 cm³/mol. The molecule has 6 nitrogen and oxygen atoms in total. The predicted octanol–water partition coefficient (Wildman–Crippen LogP) is 2.63. The molecular formula is C19H25N3O3. The average molecular weight is 343 g/mol. The van der Waals surface area contributed by atoms with Crippen molar-refractivity contribution in [3.05, 3.63) is 28.6 Å². The van der Waals surface area contributed by atoms with E-state index in [4.69, 9.17) is 4.74 Å². The first-order valence-electron chi connectivity index (χ1n) is 8.67. The molecule has 0 spiro atoms. The molecule has 1 saturated carbocycles. The Morgan fingerprint density at radius 3 is 2.72 bits per heavy atom. The van der Waals surface area contributed by atoms with E-state index in [9.17, 15) is 14.9 Å². The minimum atomic E-state index is -0.919. The highest BCUT2D eigenvalue weighted by atomic mass is 16.5. The van der Waals surface area contributed by atoms with Crippen LogP contribution < -0.4 is 5.32 Å². The highest BCUT2D eigenvalue weighted by Gasteiger charge is 2.27. The van der Waals surface area contributed by atoms with Crippen molar-refractivity contribution < 1.29 is 14.3 Å². The van der Waals surface area contributed by atoms with Crippen LogP contribution in [0.5, 0.6) is 0 Å². The second kappa shape index (κ2) is 8.02. The molecule has 0 aromatic carbocycles. The van der Waals surface area contributed by atoms with Crippen LogP contribution >= 0.6 is 0 Å². The second-order valence-electron chi connectivity index (χ2n) is 6.48. The van der Waals surface area contributed by atoms with Crippen LogP contribution in [-0.4, -0.2) is 28.6 Å². The van der Waals surface area contributed by atoms with Crippen molar-refractivity contribution in [1.82, 2.24) is 9.88 Å². The Morgan fingerprint density at radius 1 is 1.48 bits per heavy atom. The summed E-state index contributed by atoms with van der Waals surface area (Å²) in [4.78, 5) is 24.1. The number of carbonyl (C=O) groups is 2. The van der Waals surface area contributed by atoms with E-state index in [1.54, 1.807) is 0 Å². The van der Waals surface area contributed by atoms with Crippen molar-refractivity contribution >= 4 is 18.0 Å². The van der Waals surface area contributed by atoms with E-state index in [1.807, 2.05) is 26.0 Å². The van der Waals surface area contributed by atoms with Gasteiger partial charge < -0.3 is 14.6 Å². The van der Waals surface area contributed by atoms with E-state index in [-0.39, 0.29) is 17.5 Å². The van der Waals surface area contributed by atoms with Gasteiger partial charge in [-0.3, -0.25) is 4.79 Å². The first-order chi connectivity index (χ1) is 11.9. The summed E-state index contributed by atoms with van der Waals surface area (Å²) in [5.41, 5.74) is 2.78. The standard InChI is InChI=1S/C19H25N3O3/c1-5-8-22-12(2)9-15(13(22)3)10-16(11-20)19(24)25-14(4)18(23)21-17-6-7-17/h9-10,14,17H,5-8H2,1-4H3,(H,21,23)/b16-10-. The topological polar surface area (TPSA) is 84.1 Å². The molecule has 0 radical (unpaired) electrons. The molecule has 1 aromatic heterocycles. The number of nitrogens with one attached hydrogen (secondary N) is 1. The van der Waals surface area contributed by atoms with Gasteiger partial charge in [-0.2, -0.15) is 5.26 Å². The maximum atomic E-state index is 12.2. The number of nitriles is 1. The monoisotopic (exact) mass is 343 g/mol. The van der Waals surface area contributed by atoms with Gasteiger partial charge in [0.25, 0.3) is 5.91 Å². The molecule has 134 valence electrons. The average Bonchev–Trinajstić information content (AvgIpc) is 3.34. The smallest absolute Gasteiger partial charge is 0.349 e. The zero-order chi connectivity index (χ0) is 18.6. The van der Waals surface area contributed by atoms with Crippen LogP contribution in [0.1, 0.15) is 50.1 Å². The molecule has 1 unspecified atom stereocenters. The molecule has 6 heteroatoms. The molecule has 1 aliphatic rings. The summed E-state index contributed by atoms with van der Waals surface area (Å²) in [5.74, 6) is -1.10. The van der Waals surface area contributed by atoms with Crippen LogP contribution in [0.3, 0.4) is 0 Å². The third kappa shape index (κ3) is 4.72. The number of hydrogen-bond donors (Lipinski definition) is 1. The van der Waals surface area contributed by atoms with Gasteiger partial charge in [-0.25, -0.2) is 4.79 Å². The maximum Gasteiger partial charge on any atom is 0.349 e. The number of rotatable bonds is 7. The Bertz CT molecular complexity index is 736. The summed E-state index contributed by atoms with van der Waals surface area (Å²) in [6.07, 6.45) is 3.53. The SMILES string of the molecule is CCCn1c(C)cc(/C=C(/C#N)C(=O)OC(C)C(=O)NC2CC2)c1C. The summed E-state index contributed by atoms with van der Waals surface area (Å²) in [6, 6.07) is 4.02. The Hall–Kier alpha value is -2.55. The molecule has 25 heavy (non-hydrogen) atoms. The lowest BCUT2D eigenvalue weighted by Gasteiger charge is -2.12. The molecule has 0 bridgehead atoms. The van der Waals surface area contributed by atoms with E-state index in [0.29, 0.717) is 0 Å². The lowest BCUT2D eigenvalue weighted by molar-refractivity contribution is -0.150. The van der Waals surface area contributed by atoms with Crippen LogP contribution in [0.25, 0.3) is 6.08 Å². The van der Waals surface area contributed by atoms with Crippen LogP contribution in [0, 0.1) is 25.2 Å². The Kier molecular flexibility index (Phi) is 6.02. The molecule has 1 N–H and O–H groups in total. The van der Waals surface area contributed by atoms with Gasteiger partial charge in [0.1, 0.15) is 11.6 Å². The lowest BCUT2D eigenvalue weighted by Crippen LogP contribution is -2.37. The Balaban J connectivity index is 2.11. The fraction of sp³-hybridized carbons (Fsp3) is 0.526. The minimum Gasteiger partial charge on any atom is -0.448 e. The molecule has 0 saturated heterocycles. The number of hydrogen-bond acceptors (Lipinski definition) is 4. The van der Waals surface area contributed by atoms with Crippen molar-refractivity contribution in [2.24, 2.45) is 0 Å². The van der Waals surface area contributed by atoms with Gasteiger partial charge in [-0.15, -0.1) is 0 Å². The quantitative estimate of drug-likeness (QED) is 0.468.